The molecule has 0 saturated heterocycles. The zero-order valence-electron chi connectivity index (χ0n) is 10.5. The van der Waals surface area contributed by atoms with Gasteiger partial charge in [-0.15, -0.1) is 22.7 Å². The molecule has 2 nitrogen and oxygen atoms in total. The lowest BCUT2D eigenvalue weighted by Gasteiger charge is -2.05. The van der Waals surface area contributed by atoms with Crippen molar-refractivity contribution in [3.63, 3.8) is 0 Å². The normalized spacial score (nSPS) is 12.5. The number of nitrogens with zero attached hydrogens (tertiary/aromatic N) is 1. The maximum Gasteiger partial charge on any atom is 0.0962 e. The molecule has 0 saturated carbocycles. The largest absolute Gasteiger partial charge is 0.387 e. The molecule has 0 bridgehead atoms. The SMILES string of the molecule is OC(Cc1nc(-c2ccccc2)cs1)c1cc(Cl)cs1. The number of thiophene rings is 1. The standard InChI is InChI=1S/C15H12ClNOS2/c16-11-6-14(19-8-11)13(18)7-15-17-12(9-20-15)10-4-2-1-3-5-10/h1-6,8-9,13,18H,7H2. The Bertz CT molecular complexity index is 693. The van der Waals surface area contributed by atoms with Crippen molar-refractivity contribution in [2.24, 2.45) is 0 Å². The van der Waals surface area contributed by atoms with Crippen LogP contribution in [0.3, 0.4) is 0 Å². The summed E-state index contributed by atoms with van der Waals surface area (Å²) in [6.45, 7) is 0. The molecule has 3 rings (SSSR count). The van der Waals surface area contributed by atoms with Crippen LogP contribution in [-0.2, 0) is 6.42 Å². The number of halogens is 1. The molecule has 2 heterocycles. The fourth-order valence-electron chi connectivity index (χ4n) is 1.92. The third kappa shape index (κ3) is 3.10. The van der Waals surface area contributed by atoms with Gasteiger partial charge in [0.25, 0.3) is 0 Å². The molecule has 5 heteroatoms. The summed E-state index contributed by atoms with van der Waals surface area (Å²) in [6.07, 6.45) is -0.0174. The van der Waals surface area contributed by atoms with Crippen molar-refractivity contribution in [1.29, 1.82) is 0 Å². The number of benzene rings is 1. The Kier molecular flexibility index (Phi) is 4.17. The minimum Gasteiger partial charge on any atom is -0.387 e. The highest BCUT2D eigenvalue weighted by molar-refractivity contribution is 7.10. The topological polar surface area (TPSA) is 33.1 Å². The highest BCUT2D eigenvalue weighted by atomic mass is 35.5. The molecule has 20 heavy (non-hydrogen) atoms. The number of aliphatic hydroxyl groups excluding tert-OH is 1. The van der Waals surface area contributed by atoms with Crippen LogP contribution in [0.4, 0.5) is 0 Å². The van der Waals surface area contributed by atoms with Gasteiger partial charge >= 0.3 is 0 Å². The van der Waals surface area contributed by atoms with Gasteiger partial charge in [0, 0.05) is 27.6 Å². The van der Waals surface area contributed by atoms with E-state index in [9.17, 15) is 5.11 Å². The van der Waals surface area contributed by atoms with Gasteiger partial charge in [0.05, 0.1) is 21.8 Å². The maximum atomic E-state index is 10.2. The van der Waals surface area contributed by atoms with E-state index in [4.69, 9.17) is 11.6 Å². The van der Waals surface area contributed by atoms with Crippen LogP contribution in [0.2, 0.25) is 5.02 Å². The quantitative estimate of drug-likeness (QED) is 0.748. The summed E-state index contributed by atoms with van der Waals surface area (Å²) < 4.78 is 0. The monoisotopic (exact) mass is 321 g/mol. The lowest BCUT2D eigenvalue weighted by molar-refractivity contribution is 0.182. The second kappa shape index (κ2) is 6.06. The van der Waals surface area contributed by atoms with E-state index in [2.05, 4.69) is 4.98 Å². The molecule has 1 unspecified atom stereocenters. The summed E-state index contributed by atoms with van der Waals surface area (Å²) >= 11 is 8.93. The molecule has 2 aromatic heterocycles. The van der Waals surface area contributed by atoms with Crippen molar-refractivity contribution in [3.05, 3.63) is 62.1 Å². The predicted octanol–water partition coefficient (Wildman–Crippen LogP) is 4.80. The van der Waals surface area contributed by atoms with E-state index >= 15 is 0 Å². The Hall–Kier alpha value is -1.20. The third-order valence-electron chi connectivity index (χ3n) is 2.91. The predicted molar refractivity (Wildman–Crippen MR) is 85.5 cm³/mol. The smallest absolute Gasteiger partial charge is 0.0962 e. The molecule has 1 atom stereocenters. The third-order valence-corrected chi connectivity index (χ3v) is 5.16. The van der Waals surface area contributed by atoms with E-state index in [-0.39, 0.29) is 0 Å². The van der Waals surface area contributed by atoms with Crippen LogP contribution >= 0.6 is 34.3 Å². The van der Waals surface area contributed by atoms with Gasteiger partial charge in [-0.2, -0.15) is 0 Å². The van der Waals surface area contributed by atoms with E-state index in [0.29, 0.717) is 11.4 Å². The van der Waals surface area contributed by atoms with E-state index in [1.165, 1.54) is 11.3 Å². The lowest BCUT2D eigenvalue weighted by atomic mass is 10.2. The van der Waals surface area contributed by atoms with Crippen molar-refractivity contribution in [3.8, 4) is 11.3 Å². The second-order valence-electron chi connectivity index (χ2n) is 4.38. The van der Waals surface area contributed by atoms with Crippen LogP contribution < -0.4 is 0 Å². The first kappa shape index (κ1) is 13.8. The fraction of sp³-hybridized carbons (Fsp3) is 0.133. The van der Waals surface area contributed by atoms with Gasteiger partial charge < -0.3 is 5.11 Å². The van der Waals surface area contributed by atoms with Gasteiger partial charge in [0.2, 0.25) is 0 Å². The van der Waals surface area contributed by atoms with Crippen LogP contribution in [0, 0.1) is 0 Å². The first-order chi connectivity index (χ1) is 9.72. The van der Waals surface area contributed by atoms with Crippen molar-refractivity contribution in [2.75, 3.05) is 0 Å². The molecule has 0 aliphatic rings. The summed E-state index contributed by atoms with van der Waals surface area (Å²) in [4.78, 5) is 5.46. The van der Waals surface area contributed by atoms with Gasteiger partial charge in [-0.3, -0.25) is 0 Å². The van der Waals surface area contributed by atoms with Gasteiger partial charge in [0.1, 0.15) is 0 Å². The van der Waals surface area contributed by atoms with Crippen molar-refractivity contribution < 1.29 is 5.11 Å². The number of aromatic nitrogens is 1. The van der Waals surface area contributed by atoms with Gasteiger partial charge in [0.15, 0.2) is 0 Å². The van der Waals surface area contributed by atoms with Gasteiger partial charge in [-0.1, -0.05) is 41.9 Å². The number of thiazole rings is 1. The first-order valence-corrected chi connectivity index (χ1v) is 8.28. The first-order valence-electron chi connectivity index (χ1n) is 6.14. The summed E-state index contributed by atoms with van der Waals surface area (Å²) in [5.74, 6) is 0. The number of hydrogen-bond donors (Lipinski definition) is 1. The molecular formula is C15H12ClNOS2. The molecule has 102 valence electrons. The Morgan fingerprint density at radius 1 is 1.15 bits per heavy atom. The summed E-state index contributed by atoms with van der Waals surface area (Å²) in [5.41, 5.74) is 2.06. The molecule has 0 amide bonds. The zero-order chi connectivity index (χ0) is 13.9. The molecule has 0 fully saturated rings. The molecule has 1 aromatic carbocycles. The summed E-state index contributed by atoms with van der Waals surface area (Å²) in [6, 6.07) is 11.9. The highest BCUT2D eigenvalue weighted by Crippen LogP contribution is 2.29. The van der Waals surface area contributed by atoms with E-state index in [1.54, 1.807) is 11.3 Å². The highest BCUT2D eigenvalue weighted by Gasteiger charge is 2.14. The molecule has 0 aliphatic carbocycles. The fourth-order valence-corrected chi connectivity index (χ4v) is 3.82. The van der Waals surface area contributed by atoms with Gasteiger partial charge in [-0.25, -0.2) is 4.98 Å². The van der Waals surface area contributed by atoms with Crippen LogP contribution in [-0.4, -0.2) is 10.1 Å². The minimum atomic E-state index is -0.540. The molecular weight excluding hydrogens is 310 g/mol. The van der Waals surface area contributed by atoms with E-state index < -0.39 is 6.10 Å². The average molecular weight is 322 g/mol. The number of rotatable bonds is 4. The molecule has 1 N–H and O–H groups in total. The Morgan fingerprint density at radius 3 is 2.65 bits per heavy atom. The van der Waals surface area contributed by atoms with Crippen molar-refractivity contribution in [2.45, 2.75) is 12.5 Å². The lowest BCUT2D eigenvalue weighted by Crippen LogP contribution is -1.99. The Balaban J connectivity index is 1.74. The molecule has 0 spiro atoms. The average Bonchev–Trinajstić information content (AvgIpc) is 3.09. The van der Waals surface area contributed by atoms with Crippen LogP contribution in [0.5, 0.6) is 0 Å². The second-order valence-corrected chi connectivity index (χ2v) is 6.70. The number of hydrogen-bond acceptors (Lipinski definition) is 4. The Labute approximate surface area is 130 Å². The minimum absolute atomic E-state index is 0.522. The molecule has 0 radical (unpaired) electrons. The van der Waals surface area contributed by atoms with Crippen LogP contribution in [0.15, 0.2) is 47.2 Å². The van der Waals surface area contributed by atoms with Crippen molar-refractivity contribution >= 4 is 34.3 Å². The summed E-state index contributed by atoms with van der Waals surface area (Å²) in [7, 11) is 0. The van der Waals surface area contributed by atoms with E-state index in [0.717, 1.165) is 21.1 Å². The molecule has 0 aliphatic heterocycles. The van der Waals surface area contributed by atoms with Gasteiger partial charge in [-0.05, 0) is 6.07 Å². The van der Waals surface area contributed by atoms with E-state index in [1.807, 2.05) is 47.2 Å². The van der Waals surface area contributed by atoms with Crippen LogP contribution in [0.25, 0.3) is 11.3 Å². The maximum absolute atomic E-state index is 10.2. The number of aliphatic hydroxyl groups is 1. The summed E-state index contributed by atoms with van der Waals surface area (Å²) in [5, 5.41) is 15.6. The van der Waals surface area contributed by atoms with Crippen molar-refractivity contribution in [1.82, 2.24) is 4.98 Å². The Morgan fingerprint density at radius 2 is 1.95 bits per heavy atom. The molecule has 3 aromatic rings. The van der Waals surface area contributed by atoms with Crippen LogP contribution in [0.1, 0.15) is 16.0 Å². The zero-order valence-corrected chi connectivity index (χ0v) is 12.9.